The Labute approximate surface area is 184 Å². The number of carbonyl (C=O) groups excluding carboxylic acids is 1. The van der Waals surface area contributed by atoms with E-state index in [1.165, 1.54) is 0 Å². The molecule has 0 atom stereocenters. The summed E-state index contributed by atoms with van der Waals surface area (Å²) in [6.45, 7) is 0.705. The minimum atomic E-state index is -0.205. The van der Waals surface area contributed by atoms with E-state index in [0.717, 1.165) is 16.6 Å². The van der Waals surface area contributed by atoms with Gasteiger partial charge in [-0.2, -0.15) is 0 Å². The number of rotatable bonds is 6. The van der Waals surface area contributed by atoms with Crippen LogP contribution in [-0.4, -0.2) is 22.6 Å². The molecule has 0 aliphatic rings. The summed E-state index contributed by atoms with van der Waals surface area (Å²) >= 11 is 12.8. The predicted octanol–water partition coefficient (Wildman–Crippen LogP) is 5.33. The Morgan fingerprint density at radius 2 is 1.77 bits per heavy atom. The van der Waals surface area contributed by atoms with Crippen molar-refractivity contribution in [1.82, 2.24) is 14.9 Å². The third-order valence-electron chi connectivity index (χ3n) is 4.85. The molecule has 0 aliphatic heterocycles. The van der Waals surface area contributed by atoms with Gasteiger partial charge in [0.2, 0.25) is 0 Å². The van der Waals surface area contributed by atoms with Crippen LogP contribution in [0.1, 0.15) is 21.7 Å². The highest BCUT2D eigenvalue weighted by molar-refractivity contribution is 6.36. The Morgan fingerprint density at radius 1 is 1.03 bits per heavy atom. The van der Waals surface area contributed by atoms with Crippen molar-refractivity contribution in [2.24, 2.45) is 0 Å². The summed E-state index contributed by atoms with van der Waals surface area (Å²) in [5.41, 5.74) is 3.11. The van der Waals surface area contributed by atoms with Crippen molar-refractivity contribution < 1.29 is 9.53 Å². The first kappa shape index (κ1) is 20.3. The van der Waals surface area contributed by atoms with Crippen molar-refractivity contribution in [2.75, 3.05) is 7.11 Å². The van der Waals surface area contributed by atoms with Crippen LogP contribution < -0.4 is 10.1 Å². The Balaban J connectivity index is 1.64. The minimum Gasteiger partial charge on any atom is -0.497 e. The number of para-hydroxylation sites is 2. The van der Waals surface area contributed by atoms with E-state index in [0.29, 0.717) is 33.7 Å². The zero-order valence-electron chi connectivity index (χ0n) is 16.2. The molecule has 1 heterocycles. The average molecular weight is 440 g/mol. The highest BCUT2D eigenvalue weighted by Gasteiger charge is 2.15. The summed E-state index contributed by atoms with van der Waals surface area (Å²) in [4.78, 5) is 17.3. The second-order valence-electron chi connectivity index (χ2n) is 6.72. The van der Waals surface area contributed by atoms with Gasteiger partial charge in [-0.1, -0.05) is 47.5 Å². The van der Waals surface area contributed by atoms with Crippen molar-refractivity contribution in [1.29, 1.82) is 0 Å². The minimum absolute atomic E-state index is 0.205. The first-order valence-electron chi connectivity index (χ1n) is 9.36. The van der Waals surface area contributed by atoms with Gasteiger partial charge in [0, 0.05) is 21.2 Å². The number of ether oxygens (including phenoxy) is 1. The van der Waals surface area contributed by atoms with E-state index in [4.69, 9.17) is 32.9 Å². The third kappa shape index (κ3) is 4.13. The highest BCUT2D eigenvalue weighted by atomic mass is 35.5. The summed E-state index contributed by atoms with van der Waals surface area (Å²) in [6.07, 6.45) is 0. The van der Waals surface area contributed by atoms with Gasteiger partial charge in [0.1, 0.15) is 11.6 Å². The molecule has 152 valence electrons. The molecule has 0 fully saturated rings. The number of halogens is 2. The van der Waals surface area contributed by atoms with Crippen LogP contribution in [0.3, 0.4) is 0 Å². The second-order valence-corrected chi connectivity index (χ2v) is 7.53. The van der Waals surface area contributed by atoms with Gasteiger partial charge in [-0.25, -0.2) is 4.98 Å². The molecule has 5 nitrogen and oxygen atoms in total. The molecule has 1 amide bonds. The van der Waals surface area contributed by atoms with Gasteiger partial charge in [0.05, 0.1) is 31.2 Å². The lowest BCUT2D eigenvalue weighted by atomic mass is 10.2. The number of methoxy groups -OCH3 is 1. The Morgan fingerprint density at radius 3 is 2.53 bits per heavy atom. The molecule has 0 saturated heterocycles. The maximum absolute atomic E-state index is 12.6. The maximum atomic E-state index is 12.6. The zero-order chi connectivity index (χ0) is 21.1. The lowest BCUT2D eigenvalue weighted by Crippen LogP contribution is -2.25. The van der Waals surface area contributed by atoms with E-state index >= 15 is 0 Å². The molecule has 0 saturated carbocycles. The number of nitrogens with zero attached hydrogens (tertiary/aromatic N) is 2. The maximum Gasteiger partial charge on any atom is 0.251 e. The molecule has 0 radical (unpaired) electrons. The molecule has 1 N–H and O–H groups in total. The molecule has 4 rings (SSSR count). The second kappa shape index (κ2) is 8.78. The molecular formula is C23H19Cl2N3O2. The van der Waals surface area contributed by atoms with Gasteiger partial charge in [-0.15, -0.1) is 0 Å². The average Bonchev–Trinajstić information content (AvgIpc) is 3.12. The summed E-state index contributed by atoms with van der Waals surface area (Å²) in [5, 5.41) is 4.12. The summed E-state index contributed by atoms with van der Waals surface area (Å²) in [6, 6.07) is 20.3. The Hall–Kier alpha value is -3.02. The van der Waals surface area contributed by atoms with Crippen LogP contribution in [0.25, 0.3) is 11.0 Å². The topological polar surface area (TPSA) is 56.1 Å². The van der Waals surface area contributed by atoms with Crippen LogP contribution >= 0.6 is 23.2 Å². The largest absolute Gasteiger partial charge is 0.497 e. The fraction of sp³-hybridized carbons (Fsp3) is 0.130. The van der Waals surface area contributed by atoms with E-state index < -0.39 is 0 Å². The fourth-order valence-electron chi connectivity index (χ4n) is 3.30. The van der Waals surface area contributed by atoms with Crippen molar-refractivity contribution >= 4 is 40.1 Å². The van der Waals surface area contributed by atoms with Crippen molar-refractivity contribution in [2.45, 2.75) is 13.1 Å². The van der Waals surface area contributed by atoms with Crippen molar-refractivity contribution in [3.63, 3.8) is 0 Å². The smallest absolute Gasteiger partial charge is 0.251 e. The van der Waals surface area contributed by atoms with Crippen LogP contribution in [0.2, 0.25) is 10.0 Å². The zero-order valence-corrected chi connectivity index (χ0v) is 17.7. The molecule has 4 aromatic rings. The first-order chi connectivity index (χ1) is 14.6. The van der Waals surface area contributed by atoms with Gasteiger partial charge < -0.3 is 14.6 Å². The van der Waals surface area contributed by atoms with E-state index in [9.17, 15) is 4.79 Å². The van der Waals surface area contributed by atoms with Crippen molar-refractivity contribution in [3.8, 4) is 5.75 Å². The molecule has 0 bridgehead atoms. The third-order valence-corrected chi connectivity index (χ3v) is 5.56. The predicted molar refractivity (Wildman–Crippen MR) is 119 cm³/mol. The van der Waals surface area contributed by atoms with Crippen LogP contribution in [-0.2, 0) is 13.1 Å². The first-order valence-corrected chi connectivity index (χ1v) is 10.1. The lowest BCUT2D eigenvalue weighted by Gasteiger charge is -2.13. The van der Waals surface area contributed by atoms with Crippen LogP contribution in [0, 0.1) is 0 Å². The highest BCUT2D eigenvalue weighted by Crippen LogP contribution is 2.27. The van der Waals surface area contributed by atoms with E-state index in [2.05, 4.69) is 5.32 Å². The number of benzene rings is 3. The summed E-state index contributed by atoms with van der Waals surface area (Å²) in [5.74, 6) is 1.13. The molecular weight excluding hydrogens is 421 g/mol. The van der Waals surface area contributed by atoms with Crippen molar-refractivity contribution in [3.05, 3.63) is 93.7 Å². The van der Waals surface area contributed by atoms with E-state index in [1.807, 2.05) is 47.0 Å². The lowest BCUT2D eigenvalue weighted by molar-refractivity contribution is 0.0949. The van der Waals surface area contributed by atoms with Crippen LogP contribution in [0.5, 0.6) is 5.75 Å². The number of hydrogen-bond donors (Lipinski definition) is 1. The van der Waals surface area contributed by atoms with Gasteiger partial charge in [-0.05, 0) is 42.5 Å². The van der Waals surface area contributed by atoms with Gasteiger partial charge in [-0.3, -0.25) is 4.79 Å². The van der Waals surface area contributed by atoms with Crippen LogP contribution in [0.4, 0.5) is 0 Å². The Bertz CT molecular complexity index is 1200. The SMILES string of the molecule is COc1cccc(C(=O)NCc2nc3ccccc3n2Cc2c(Cl)cccc2Cl)c1. The molecule has 3 aromatic carbocycles. The number of fused-ring (bicyclic) bond motifs is 1. The van der Waals surface area contributed by atoms with Gasteiger partial charge >= 0.3 is 0 Å². The number of hydrogen-bond acceptors (Lipinski definition) is 3. The number of nitrogens with one attached hydrogen (secondary N) is 1. The summed E-state index contributed by atoms with van der Waals surface area (Å²) in [7, 11) is 1.57. The quantitative estimate of drug-likeness (QED) is 0.441. The monoisotopic (exact) mass is 439 g/mol. The molecule has 0 spiro atoms. The molecule has 0 unspecified atom stereocenters. The fourth-order valence-corrected chi connectivity index (χ4v) is 3.82. The molecule has 0 aliphatic carbocycles. The molecule has 7 heteroatoms. The van der Waals surface area contributed by atoms with E-state index in [-0.39, 0.29) is 12.5 Å². The number of amides is 1. The summed E-state index contributed by atoms with van der Waals surface area (Å²) < 4.78 is 7.22. The van der Waals surface area contributed by atoms with Crippen LogP contribution in [0.15, 0.2) is 66.7 Å². The number of carbonyl (C=O) groups is 1. The Kier molecular flexibility index (Phi) is 5.93. The molecule has 30 heavy (non-hydrogen) atoms. The number of imidazole rings is 1. The van der Waals surface area contributed by atoms with E-state index in [1.54, 1.807) is 31.4 Å². The van der Waals surface area contributed by atoms with Gasteiger partial charge in [0.25, 0.3) is 5.91 Å². The van der Waals surface area contributed by atoms with Gasteiger partial charge in [0.15, 0.2) is 0 Å². The normalized spacial score (nSPS) is 10.9. The number of aromatic nitrogens is 2. The standard InChI is InChI=1S/C23H19Cl2N3O2/c1-30-16-7-4-6-15(12-16)23(29)26-13-22-27-20-10-2-3-11-21(20)28(22)14-17-18(24)8-5-9-19(17)25/h2-12H,13-14H2,1H3,(H,26,29). The molecule has 1 aromatic heterocycles.